The summed E-state index contributed by atoms with van der Waals surface area (Å²) in [5.74, 6) is 1.77. The fourth-order valence-electron chi connectivity index (χ4n) is 5.13. The lowest BCUT2D eigenvalue weighted by Crippen LogP contribution is -2.51. The Bertz CT molecular complexity index is 953. The Hall–Kier alpha value is -2.38. The molecule has 1 fully saturated rings. The first-order valence-corrected chi connectivity index (χ1v) is 13.7. The monoisotopic (exact) mass is 499 g/mol. The standard InChI is InChI=1S/C29H45N3O4/c1-6-10-22(11-7-2)20-36-26-14-8-13-24-27(35-17-16-34-5)18-25(31-28(24)26)29(33)32(21(3)4)23-12-9-15-30-19-23/h8,13-14,18,21-23,30H,6-7,9-12,15-17,19-20H2,1-5H3/t23-/m1/s1. The maximum Gasteiger partial charge on any atom is 0.273 e. The zero-order valence-corrected chi connectivity index (χ0v) is 22.8. The number of ether oxygens (including phenoxy) is 3. The Labute approximate surface area is 216 Å². The molecule has 0 spiro atoms. The molecule has 2 aromatic rings. The van der Waals surface area contributed by atoms with Crippen LogP contribution in [0.2, 0.25) is 0 Å². The van der Waals surface area contributed by atoms with Crippen molar-refractivity contribution < 1.29 is 19.0 Å². The summed E-state index contributed by atoms with van der Waals surface area (Å²) in [7, 11) is 1.65. The normalized spacial score (nSPS) is 16.0. The SMILES string of the molecule is CCCC(CCC)COc1cccc2c(OCCOC)cc(C(=O)N(C(C)C)[C@@H]3CCCNC3)nc12. The summed E-state index contributed by atoms with van der Waals surface area (Å²) in [5, 5.41) is 4.28. The maximum absolute atomic E-state index is 13.9. The summed E-state index contributed by atoms with van der Waals surface area (Å²) < 4.78 is 17.6. The predicted molar refractivity (Wildman–Crippen MR) is 145 cm³/mol. The minimum atomic E-state index is -0.0677. The van der Waals surface area contributed by atoms with Crippen LogP contribution in [0.15, 0.2) is 24.3 Å². The number of carbonyl (C=O) groups is 1. The number of para-hydroxylation sites is 1. The molecule has 1 saturated heterocycles. The minimum Gasteiger partial charge on any atom is -0.491 e. The highest BCUT2D eigenvalue weighted by Crippen LogP contribution is 2.33. The third-order valence-electron chi connectivity index (χ3n) is 6.85. The van der Waals surface area contributed by atoms with Gasteiger partial charge in [-0.1, -0.05) is 32.8 Å². The lowest BCUT2D eigenvalue weighted by atomic mass is 9.99. The average Bonchev–Trinajstić information content (AvgIpc) is 2.88. The molecule has 0 unspecified atom stereocenters. The zero-order valence-electron chi connectivity index (χ0n) is 22.8. The van der Waals surface area contributed by atoms with Crippen molar-refractivity contribution in [3.05, 3.63) is 30.0 Å². The number of aromatic nitrogens is 1. The Morgan fingerprint density at radius 3 is 2.56 bits per heavy atom. The fraction of sp³-hybridized carbons (Fsp3) is 0.655. The van der Waals surface area contributed by atoms with Gasteiger partial charge in [0.2, 0.25) is 0 Å². The molecule has 1 aromatic carbocycles. The summed E-state index contributed by atoms with van der Waals surface area (Å²) in [4.78, 5) is 20.7. The number of fused-ring (bicyclic) bond motifs is 1. The van der Waals surface area contributed by atoms with Crippen LogP contribution in [-0.2, 0) is 4.74 Å². The number of methoxy groups -OCH3 is 1. The number of benzene rings is 1. The molecule has 2 heterocycles. The van der Waals surface area contributed by atoms with Crippen molar-refractivity contribution in [3.63, 3.8) is 0 Å². The number of pyridine rings is 1. The second-order valence-corrected chi connectivity index (χ2v) is 10.1. The number of carbonyl (C=O) groups excluding carboxylic acids is 1. The molecule has 0 aliphatic carbocycles. The van der Waals surface area contributed by atoms with Gasteiger partial charge < -0.3 is 24.4 Å². The van der Waals surface area contributed by atoms with E-state index in [1.807, 2.05) is 23.1 Å². The third kappa shape index (κ3) is 7.32. The minimum absolute atomic E-state index is 0.0631. The van der Waals surface area contributed by atoms with Gasteiger partial charge in [-0.15, -0.1) is 0 Å². The number of nitrogens with one attached hydrogen (secondary N) is 1. The van der Waals surface area contributed by atoms with E-state index in [4.69, 9.17) is 19.2 Å². The molecule has 7 nitrogen and oxygen atoms in total. The molecule has 200 valence electrons. The van der Waals surface area contributed by atoms with Gasteiger partial charge in [-0.3, -0.25) is 4.79 Å². The number of amides is 1. The molecule has 3 rings (SSSR count). The molecule has 1 aliphatic rings. The van der Waals surface area contributed by atoms with Gasteiger partial charge in [-0.25, -0.2) is 4.98 Å². The van der Waals surface area contributed by atoms with Crippen LogP contribution in [0.5, 0.6) is 11.5 Å². The highest BCUT2D eigenvalue weighted by atomic mass is 16.5. The summed E-state index contributed by atoms with van der Waals surface area (Å²) in [6.07, 6.45) is 6.61. The molecule has 1 atom stereocenters. The van der Waals surface area contributed by atoms with E-state index in [9.17, 15) is 4.79 Å². The molecule has 0 radical (unpaired) electrons. The van der Waals surface area contributed by atoms with Crippen molar-refractivity contribution in [2.24, 2.45) is 5.92 Å². The van der Waals surface area contributed by atoms with E-state index in [1.165, 1.54) is 0 Å². The molecular formula is C29H45N3O4. The molecule has 1 N–H and O–H groups in total. The van der Waals surface area contributed by atoms with Crippen molar-refractivity contribution in [2.45, 2.75) is 78.3 Å². The largest absolute Gasteiger partial charge is 0.491 e. The van der Waals surface area contributed by atoms with Crippen molar-refractivity contribution in [1.29, 1.82) is 0 Å². The van der Waals surface area contributed by atoms with Crippen LogP contribution < -0.4 is 14.8 Å². The third-order valence-corrected chi connectivity index (χ3v) is 6.85. The average molecular weight is 500 g/mol. The second-order valence-electron chi connectivity index (χ2n) is 10.1. The van der Waals surface area contributed by atoms with E-state index in [-0.39, 0.29) is 18.0 Å². The lowest BCUT2D eigenvalue weighted by molar-refractivity contribution is 0.0567. The Morgan fingerprint density at radius 1 is 1.14 bits per heavy atom. The van der Waals surface area contributed by atoms with Crippen LogP contribution in [0.4, 0.5) is 0 Å². The number of hydrogen-bond acceptors (Lipinski definition) is 6. The van der Waals surface area contributed by atoms with Crippen LogP contribution in [0.1, 0.15) is 76.7 Å². The topological polar surface area (TPSA) is 72.9 Å². The van der Waals surface area contributed by atoms with Gasteiger partial charge in [0.15, 0.2) is 0 Å². The maximum atomic E-state index is 13.9. The Kier molecular flexibility index (Phi) is 11.3. The molecule has 1 amide bonds. The summed E-state index contributed by atoms with van der Waals surface area (Å²) in [6.45, 7) is 11.9. The van der Waals surface area contributed by atoms with Gasteiger partial charge in [0, 0.05) is 37.2 Å². The highest BCUT2D eigenvalue weighted by molar-refractivity contribution is 5.98. The summed E-state index contributed by atoms with van der Waals surface area (Å²) >= 11 is 0. The van der Waals surface area contributed by atoms with E-state index in [1.54, 1.807) is 13.2 Å². The molecular weight excluding hydrogens is 454 g/mol. The van der Waals surface area contributed by atoms with E-state index in [0.29, 0.717) is 48.4 Å². The first-order chi connectivity index (χ1) is 17.5. The fourth-order valence-corrected chi connectivity index (χ4v) is 5.13. The van der Waals surface area contributed by atoms with Crippen LogP contribution in [0.3, 0.4) is 0 Å². The van der Waals surface area contributed by atoms with E-state index < -0.39 is 0 Å². The summed E-state index contributed by atoms with van der Waals surface area (Å²) in [5.41, 5.74) is 1.07. The lowest BCUT2D eigenvalue weighted by Gasteiger charge is -2.37. The van der Waals surface area contributed by atoms with Gasteiger partial charge in [0.25, 0.3) is 5.91 Å². The van der Waals surface area contributed by atoms with E-state index in [0.717, 1.165) is 57.0 Å². The smallest absolute Gasteiger partial charge is 0.273 e. The molecule has 0 saturated carbocycles. The van der Waals surface area contributed by atoms with Crippen molar-refractivity contribution in [3.8, 4) is 11.5 Å². The molecule has 36 heavy (non-hydrogen) atoms. The van der Waals surface area contributed by atoms with Crippen LogP contribution in [-0.4, -0.2) is 67.9 Å². The van der Waals surface area contributed by atoms with Crippen LogP contribution in [0, 0.1) is 5.92 Å². The Morgan fingerprint density at radius 2 is 1.92 bits per heavy atom. The summed E-state index contributed by atoms with van der Waals surface area (Å²) in [6, 6.07) is 7.89. The van der Waals surface area contributed by atoms with Gasteiger partial charge in [-0.2, -0.15) is 0 Å². The first-order valence-electron chi connectivity index (χ1n) is 13.7. The van der Waals surface area contributed by atoms with Crippen LogP contribution >= 0.6 is 0 Å². The van der Waals surface area contributed by atoms with E-state index in [2.05, 4.69) is 33.0 Å². The van der Waals surface area contributed by atoms with Gasteiger partial charge >= 0.3 is 0 Å². The van der Waals surface area contributed by atoms with Crippen LogP contribution in [0.25, 0.3) is 10.9 Å². The van der Waals surface area contributed by atoms with Crippen molar-refractivity contribution >= 4 is 16.8 Å². The van der Waals surface area contributed by atoms with Gasteiger partial charge in [0.1, 0.15) is 29.3 Å². The molecule has 1 aromatic heterocycles. The van der Waals surface area contributed by atoms with Gasteiger partial charge in [0.05, 0.1) is 13.2 Å². The predicted octanol–water partition coefficient (Wildman–Crippen LogP) is 5.46. The quantitative estimate of drug-likeness (QED) is 0.348. The zero-order chi connectivity index (χ0) is 25.9. The first kappa shape index (κ1) is 28.2. The number of piperidine rings is 1. The van der Waals surface area contributed by atoms with Gasteiger partial charge in [-0.05, 0) is 64.1 Å². The molecule has 7 heteroatoms. The van der Waals surface area contributed by atoms with Crippen molar-refractivity contribution in [2.75, 3.05) is 40.0 Å². The number of nitrogens with zero attached hydrogens (tertiary/aromatic N) is 2. The van der Waals surface area contributed by atoms with Crippen molar-refractivity contribution in [1.82, 2.24) is 15.2 Å². The molecule has 1 aliphatic heterocycles. The molecule has 0 bridgehead atoms. The number of rotatable bonds is 14. The number of hydrogen-bond donors (Lipinski definition) is 1. The Balaban J connectivity index is 1.99. The second kappa shape index (κ2) is 14.4. The van der Waals surface area contributed by atoms with E-state index >= 15 is 0 Å². The highest BCUT2D eigenvalue weighted by Gasteiger charge is 2.30.